The number of hydrogen-bond acceptors (Lipinski definition) is 2. The quantitative estimate of drug-likeness (QED) is 0.665. The van der Waals surface area contributed by atoms with Crippen molar-refractivity contribution in [2.24, 2.45) is 5.92 Å². The lowest BCUT2D eigenvalue weighted by atomic mass is 10.1. The lowest BCUT2D eigenvalue weighted by molar-refractivity contribution is 0.511. The van der Waals surface area contributed by atoms with Gasteiger partial charge in [0.05, 0.1) is 0 Å². The molecule has 0 atom stereocenters. The first-order valence-corrected chi connectivity index (χ1v) is 6.18. The fourth-order valence-corrected chi connectivity index (χ4v) is 2.17. The van der Waals surface area contributed by atoms with E-state index in [0.717, 1.165) is 18.9 Å². The number of nitrogens with zero attached hydrogens (tertiary/aromatic N) is 1. The average molecular weight is 213 g/mol. The topological polar surface area (TPSA) is 22.0 Å². The number of rotatable bonds is 6. The van der Waals surface area contributed by atoms with Crippen LogP contribution in [-0.4, -0.2) is 3.96 Å². The summed E-state index contributed by atoms with van der Waals surface area (Å²) in [5, 5.41) is 1.86. The second kappa shape index (κ2) is 6.02. The minimum absolute atomic E-state index is 0.152. The van der Waals surface area contributed by atoms with Crippen LogP contribution in [0.3, 0.4) is 0 Å². The Morgan fingerprint density at radius 3 is 2.71 bits per heavy atom. The van der Waals surface area contributed by atoms with Crippen LogP contribution in [0.2, 0.25) is 0 Å². The van der Waals surface area contributed by atoms with Crippen LogP contribution in [-0.2, 0) is 6.54 Å². The Kier molecular flexibility index (Phi) is 4.94. The van der Waals surface area contributed by atoms with Crippen molar-refractivity contribution in [2.75, 3.05) is 0 Å². The molecule has 80 valence electrons. The molecule has 0 unspecified atom stereocenters. The lowest BCUT2D eigenvalue weighted by Crippen LogP contribution is -2.11. The molecule has 14 heavy (non-hydrogen) atoms. The van der Waals surface area contributed by atoms with Gasteiger partial charge in [-0.1, -0.05) is 44.6 Å². The smallest absolute Gasteiger partial charge is 0.260 e. The van der Waals surface area contributed by atoms with Crippen LogP contribution in [0, 0.1) is 5.92 Å². The van der Waals surface area contributed by atoms with E-state index in [9.17, 15) is 4.79 Å². The van der Waals surface area contributed by atoms with E-state index in [1.165, 1.54) is 30.8 Å². The largest absolute Gasteiger partial charge is 0.268 e. The zero-order valence-electron chi connectivity index (χ0n) is 9.03. The molecular weight excluding hydrogens is 194 g/mol. The maximum absolute atomic E-state index is 11.2. The molecule has 1 aromatic heterocycles. The summed E-state index contributed by atoms with van der Waals surface area (Å²) in [5.41, 5.74) is 0.152. The normalized spacial score (nSPS) is 11.1. The standard InChI is InChI=1S/C11H19NOS/c1-10(2)6-4-3-5-8-12-11(13)7-9-14-12/h7,9-10H,3-6,8H2,1-2H3. The van der Waals surface area contributed by atoms with Crippen molar-refractivity contribution in [1.29, 1.82) is 0 Å². The minimum Gasteiger partial charge on any atom is -0.268 e. The molecule has 0 aliphatic carbocycles. The summed E-state index contributed by atoms with van der Waals surface area (Å²) < 4.78 is 1.83. The van der Waals surface area contributed by atoms with Gasteiger partial charge in [-0.15, -0.1) is 0 Å². The van der Waals surface area contributed by atoms with Crippen LogP contribution in [0.5, 0.6) is 0 Å². The van der Waals surface area contributed by atoms with Crippen molar-refractivity contribution in [3.63, 3.8) is 0 Å². The van der Waals surface area contributed by atoms with Crippen molar-refractivity contribution < 1.29 is 0 Å². The Balaban J connectivity index is 2.11. The summed E-state index contributed by atoms with van der Waals surface area (Å²) >= 11 is 1.52. The summed E-state index contributed by atoms with van der Waals surface area (Å²) in [5.74, 6) is 0.805. The van der Waals surface area contributed by atoms with E-state index in [-0.39, 0.29) is 5.56 Å². The van der Waals surface area contributed by atoms with E-state index in [0.29, 0.717) is 0 Å². The number of aromatic nitrogens is 1. The maximum atomic E-state index is 11.2. The lowest BCUT2D eigenvalue weighted by Gasteiger charge is -2.04. The predicted octanol–water partition coefficient (Wildman–Crippen LogP) is 3.13. The first kappa shape index (κ1) is 11.5. The minimum atomic E-state index is 0.152. The van der Waals surface area contributed by atoms with Crippen LogP contribution in [0.1, 0.15) is 39.5 Å². The molecule has 0 fully saturated rings. The van der Waals surface area contributed by atoms with E-state index in [2.05, 4.69) is 13.8 Å². The molecule has 0 aliphatic rings. The zero-order valence-corrected chi connectivity index (χ0v) is 9.85. The van der Waals surface area contributed by atoms with Gasteiger partial charge < -0.3 is 0 Å². The molecule has 0 saturated heterocycles. The Hall–Kier alpha value is -0.570. The Morgan fingerprint density at radius 2 is 2.14 bits per heavy atom. The van der Waals surface area contributed by atoms with Crippen molar-refractivity contribution >= 4 is 11.5 Å². The molecule has 0 radical (unpaired) electrons. The van der Waals surface area contributed by atoms with Crippen LogP contribution >= 0.6 is 11.5 Å². The van der Waals surface area contributed by atoms with Crippen molar-refractivity contribution in [1.82, 2.24) is 3.96 Å². The highest BCUT2D eigenvalue weighted by Gasteiger charge is 1.97. The molecule has 1 heterocycles. The monoisotopic (exact) mass is 213 g/mol. The summed E-state index contributed by atoms with van der Waals surface area (Å²) in [7, 11) is 0. The molecule has 0 saturated carbocycles. The fraction of sp³-hybridized carbons (Fsp3) is 0.727. The van der Waals surface area contributed by atoms with Crippen molar-refractivity contribution in [3.8, 4) is 0 Å². The van der Waals surface area contributed by atoms with Crippen LogP contribution in [0.4, 0.5) is 0 Å². The van der Waals surface area contributed by atoms with Crippen LogP contribution < -0.4 is 5.56 Å². The molecule has 1 aromatic rings. The van der Waals surface area contributed by atoms with Gasteiger partial charge in [-0.25, -0.2) is 0 Å². The van der Waals surface area contributed by atoms with Gasteiger partial charge in [0.25, 0.3) is 5.56 Å². The molecule has 2 nitrogen and oxygen atoms in total. The number of unbranched alkanes of at least 4 members (excludes halogenated alkanes) is 2. The third-order valence-corrected chi connectivity index (χ3v) is 3.16. The highest BCUT2D eigenvalue weighted by Crippen LogP contribution is 2.08. The maximum Gasteiger partial charge on any atom is 0.260 e. The number of aryl methyl sites for hydroxylation is 1. The van der Waals surface area contributed by atoms with Crippen LogP contribution in [0.15, 0.2) is 16.2 Å². The molecule has 3 heteroatoms. The molecule has 0 bridgehead atoms. The molecule has 0 aliphatic heterocycles. The second-order valence-electron chi connectivity index (χ2n) is 4.09. The fourth-order valence-electron chi connectivity index (χ4n) is 1.44. The SMILES string of the molecule is CC(C)CCCCCn1sccc1=O. The first-order chi connectivity index (χ1) is 6.70. The van der Waals surface area contributed by atoms with E-state index in [1.54, 1.807) is 6.07 Å². The van der Waals surface area contributed by atoms with E-state index < -0.39 is 0 Å². The highest BCUT2D eigenvalue weighted by molar-refractivity contribution is 7.04. The van der Waals surface area contributed by atoms with Crippen molar-refractivity contribution in [2.45, 2.75) is 46.1 Å². The predicted molar refractivity (Wildman–Crippen MR) is 61.9 cm³/mol. The summed E-state index contributed by atoms with van der Waals surface area (Å²) in [4.78, 5) is 11.2. The van der Waals surface area contributed by atoms with Gasteiger partial charge in [-0.05, 0) is 12.3 Å². The first-order valence-electron chi connectivity index (χ1n) is 5.35. The van der Waals surface area contributed by atoms with E-state index in [1.807, 2.05) is 9.34 Å². The molecule has 1 rings (SSSR count). The van der Waals surface area contributed by atoms with Gasteiger partial charge in [0, 0.05) is 18.0 Å². The van der Waals surface area contributed by atoms with Gasteiger partial charge in [-0.2, -0.15) is 0 Å². The molecule has 0 aromatic carbocycles. The van der Waals surface area contributed by atoms with E-state index >= 15 is 0 Å². The van der Waals surface area contributed by atoms with Gasteiger partial charge in [0.2, 0.25) is 0 Å². The molecular formula is C11H19NOS. The second-order valence-corrected chi connectivity index (χ2v) is 5.02. The van der Waals surface area contributed by atoms with Gasteiger partial charge in [0.1, 0.15) is 0 Å². The highest BCUT2D eigenvalue weighted by atomic mass is 32.1. The van der Waals surface area contributed by atoms with Gasteiger partial charge in [-0.3, -0.25) is 8.75 Å². The Labute approximate surface area is 89.7 Å². The molecule has 0 N–H and O–H groups in total. The molecule has 0 spiro atoms. The summed E-state index contributed by atoms with van der Waals surface area (Å²) in [6.45, 7) is 5.40. The number of hydrogen-bond donors (Lipinski definition) is 0. The Bertz CT molecular complexity index is 300. The van der Waals surface area contributed by atoms with Crippen LogP contribution in [0.25, 0.3) is 0 Å². The third-order valence-electron chi connectivity index (χ3n) is 2.29. The van der Waals surface area contributed by atoms with E-state index in [4.69, 9.17) is 0 Å². The Morgan fingerprint density at radius 1 is 1.36 bits per heavy atom. The molecule has 0 amide bonds. The van der Waals surface area contributed by atoms with Crippen molar-refractivity contribution in [3.05, 3.63) is 21.8 Å². The zero-order chi connectivity index (χ0) is 10.4. The summed E-state index contributed by atoms with van der Waals surface area (Å²) in [6, 6.07) is 1.64. The third kappa shape index (κ3) is 4.09. The average Bonchev–Trinajstić information content (AvgIpc) is 2.51. The van der Waals surface area contributed by atoms with Gasteiger partial charge in [0.15, 0.2) is 0 Å². The summed E-state index contributed by atoms with van der Waals surface area (Å²) in [6.07, 6.45) is 4.97. The van der Waals surface area contributed by atoms with Gasteiger partial charge >= 0.3 is 0 Å².